The number of nitrogens with zero attached hydrogens (tertiary/aromatic N) is 2. The molecule has 0 saturated heterocycles. The van der Waals surface area contributed by atoms with Crippen molar-refractivity contribution >= 4 is 40.8 Å². The zero-order chi connectivity index (χ0) is 12.1. The van der Waals surface area contributed by atoms with Crippen LogP contribution >= 0.6 is 0 Å². The molecule has 84 valence electrons. The van der Waals surface area contributed by atoms with Gasteiger partial charge in [0.1, 0.15) is 13.5 Å². The maximum Gasteiger partial charge on any atom is 0.145 e. The Hall–Kier alpha value is -2.29. The molecule has 0 radical (unpaired) electrons. The topological polar surface area (TPSA) is 17.3 Å². The molecule has 0 amide bonds. The van der Waals surface area contributed by atoms with Gasteiger partial charge in [-0.25, -0.2) is 4.98 Å². The fourth-order valence-corrected chi connectivity index (χ4v) is 2.54. The van der Waals surface area contributed by atoms with Crippen LogP contribution in [-0.4, -0.2) is 17.2 Å². The van der Waals surface area contributed by atoms with Crippen LogP contribution in [0.1, 0.15) is 0 Å². The van der Waals surface area contributed by atoms with Crippen molar-refractivity contribution in [2.75, 3.05) is 0 Å². The molecular weight excluding hydrogens is 219 g/mol. The van der Waals surface area contributed by atoms with Gasteiger partial charge in [-0.1, -0.05) is 35.8 Å². The SMILES string of the molecule is Bc1ccc2nc3c4ccccc4ccn3c2c1. The number of hydrogen-bond donors (Lipinski definition) is 0. The Morgan fingerprint density at radius 3 is 2.83 bits per heavy atom. The molecule has 2 nitrogen and oxygen atoms in total. The number of aromatic nitrogens is 2. The summed E-state index contributed by atoms with van der Waals surface area (Å²) in [4.78, 5) is 4.75. The van der Waals surface area contributed by atoms with Crippen molar-refractivity contribution in [3.8, 4) is 0 Å². The van der Waals surface area contributed by atoms with Crippen molar-refractivity contribution < 1.29 is 0 Å². The first-order valence-electron chi connectivity index (χ1n) is 6.09. The maximum absolute atomic E-state index is 4.75. The number of benzene rings is 2. The first kappa shape index (κ1) is 9.72. The Labute approximate surface area is 105 Å². The monoisotopic (exact) mass is 230 g/mol. The summed E-state index contributed by atoms with van der Waals surface area (Å²) >= 11 is 0. The third-order valence-corrected chi connectivity index (χ3v) is 3.45. The van der Waals surface area contributed by atoms with Crippen molar-refractivity contribution in [1.29, 1.82) is 0 Å². The standard InChI is InChI=1S/C15H11BN2/c16-11-5-6-13-14(9-11)18-8-7-10-3-1-2-4-12(10)15(18)17-13/h1-9H,16H2. The van der Waals surface area contributed by atoms with E-state index in [0.29, 0.717) is 0 Å². The number of fused-ring (bicyclic) bond motifs is 5. The van der Waals surface area contributed by atoms with E-state index in [1.54, 1.807) is 0 Å². The quantitative estimate of drug-likeness (QED) is 0.422. The summed E-state index contributed by atoms with van der Waals surface area (Å²) < 4.78 is 2.17. The van der Waals surface area contributed by atoms with E-state index in [1.165, 1.54) is 21.8 Å². The molecule has 18 heavy (non-hydrogen) atoms. The van der Waals surface area contributed by atoms with E-state index in [0.717, 1.165) is 11.2 Å². The molecule has 3 heteroatoms. The second kappa shape index (κ2) is 3.36. The van der Waals surface area contributed by atoms with Crippen molar-refractivity contribution in [2.24, 2.45) is 0 Å². The zero-order valence-corrected chi connectivity index (χ0v) is 10.1. The lowest BCUT2D eigenvalue weighted by Gasteiger charge is -2.00. The molecule has 0 bridgehead atoms. The van der Waals surface area contributed by atoms with E-state index in [1.807, 2.05) is 0 Å². The van der Waals surface area contributed by atoms with Gasteiger partial charge in [-0.3, -0.25) is 4.40 Å². The van der Waals surface area contributed by atoms with Crippen LogP contribution in [0.25, 0.3) is 27.5 Å². The Bertz CT molecular complexity index is 893. The Balaban J connectivity index is 2.30. The maximum atomic E-state index is 4.75. The molecule has 2 aromatic heterocycles. The van der Waals surface area contributed by atoms with Crippen LogP contribution in [-0.2, 0) is 0 Å². The first-order chi connectivity index (χ1) is 8.83. The molecule has 4 aromatic rings. The second-order valence-electron chi connectivity index (χ2n) is 4.70. The van der Waals surface area contributed by atoms with Crippen molar-refractivity contribution in [3.05, 3.63) is 54.7 Å². The van der Waals surface area contributed by atoms with Crippen molar-refractivity contribution in [2.45, 2.75) is 0 Å². The van der Waals surface area contributed by atoms with Crippen LogP contribution in [0.5, 0.6) is 0 Å². The van der Waals surface area contributed by atoms with Crippen molar-refractivity contribution in [3.63, 3.8) is 0 Å². The van der Waals surface area contributed by atoms with E-state index >= 15 is 0 Å². The van der Waals surface area contributed by atoms with Crippen LogP contribution in [0.4, 0.5) is 0 Å². The average molecular weight is 230 g/mol. The van der Waals surface area contributed by atoms with E-state index in [9.17, 15) is 0 Å². The van der Waals surface area contributed by atoms with Gasteiger partial charge in [0.25, 0.3) is 0 Å². The zero-order valence-electron chi connectivity index (χ0n) is 10.1. The highest BCUT2D eigenvalue weighted by atomic mass is 15.0. The summed E-state index contributed by atoms with van der Waals surface area (Å²) in [6.07, 6.45) is 2.10. The summed E-state index contributed by atoms with van der Waals surface area (Å²) in [6, 6.07) is 16.9. The van der Waals surface area contributed by atoms with Gasteiger partial charge in [-0.15, -0.1) is 0 Å². The minimum Gasteiger partial charge on any atom is -0.299 e. The highest BCUT2D eigenvalue weighted by Gasteiger charge is 2.07. The molecule has 0 atom stereocenters. The van der Waals surface area contributed by atoms with Gasteiger partial charge in [-0.05, 0) is 23.6 Å². The highest BCUT2D eigenvalue weighted by molar-refractivity contribution is 6.33. The predicted octanol–water partition coefficient (Wildman–Crippen LogP) is 1.90. The van der Waals surface area contributed by atoms with Crippen LogP contribution in [0.15, 0.2) is 54.7 Å². The highest BCUT2D eigenvalue weighted by Crippen LogP contribution is 2.23. The van der Waals surface area contributed by atoms with E-state index < -0.39 is 0 Å². The lowest BCUT2D eigenvalue weighted by molar-refractivity contribution is 1.25. The third-order valence-electron chi connectivity index (χ3n) is 3.45. The number of imidazole rings is 1. The van der Waals surface area contributed by atoms with E-state index in [2.05, 4.69) is 67.0 Å². The lowest BCUT2D eigenvalue weighted by atomic mass is 9.96. The van der Waals surface area contributed by atoms with Gasteiger partial charge in [-0.2, -0.15) is 0 Å². The van der Waals surface area contributed by atoms with E-state index in [-0.39, 0.29) is 0 Å². The third kappa shape index (κ3) is 1.22. The predicted molar refractivity (Wildman–Crippen MR) is 78.4 cm³/mol. The van der Waals surface area contributed by atoms with Crippen LogP contribution in [0.3, 0.4) is 0 Å². The number of rotatable bonds is 0. The summed E-state index contributed by atoms with van der Waals surface area (Å²) in [7, 11) is 2.11. The van der Waals surface area contributed by atoms with Crippen LogP contribution < -0.4 is 5.46 Å². The van der Waals surface area contributed by atoms with Gasteiger partial charge < -0.3 is 0 Å². The van der Waals surface area contributed by atoms with Gasteiger partial charge >= 0.3 is 0 Å². The summed E-state index contributed by atoms with van der Waals surface area (Å²) in [6.45, 7) is 0. The average Bonchev–Trinajstić information content (AvgIpc) is 2.77. The molecule has 0 N–H and O–H groups in total. The molecule has 0 aliphatic carbocycles. The fourth-order valence-electron chi connectivity index (χ4n) is 2.54. The Morgan fingerprint density at radius 2 is 1.89 bits per heavy atom. The molecule has 4 rings (SSSR count). The molecule has 0 aliphatic rings. The van der Waals surface area contributed by atoms with Crippen LogP contribution in [0, 0.1) is 0 Å². The smallest absolute Gasteiger partial charge is 0.145 e. The van der Waals surface area contributed by atoms with Gasteiger partial charge in [0.05, 0.1) is 11.0 Å². The largest absolute Gasteiger partial charge is 0.299 e. The second-order valence-corrected chi connectivity index (χ2v) is 4.70. The minimum atomic E-state index is 1.04. The first-order valence-corrected chi connectivity index (χ1v) is 6.09. The molecule has 2 heterocycles. The fraction of sp³-hybridized carbons (Fsp3) is 0. The molecule has 0 saturated carbocycles. The van der Waals surface area contributed by atoms with Gasteiger partial charge in [0.15, 0.2) is 0 Å². The summed E-state index contributed by atoms with van der Waals surface area (Å²) in [5.41, 5.74) is 4.53. The van der Waals surface area contributed by atoms with Gasteiger partial charge in [0.2, 0.25) is 0 Å². The molecule has 0 unspecified atom stereocenters. The molecule has 2 aromatic carbocycles. The molecular formula is C15H11BN2. The Kier molecular flexibility index (Phi) is 1.81. The van der Waals surface area contributed by atoms with Crippen molar-refractivity contribution in [1.82, 2.24) is 9.38 Å². The number of hydrogen-bond acceptors (Lipinski definition) is 1. The number of pyridine rings is 1. The summed E-state index contributed by atoms with van der Waals surface area (Å²) in [5, 5.41) is 2.44. The minimum absolute atomic E-state index is 1.04. The normalized spacial score (nSPS) is 11.6. The molecule has 0 fully saturated rings. The lowest BCUT2D eigenvalue weighted by Crippen LogP contribution is -2.00. The Morgan fingerprint density at radius 1 is 1.00 bits per heavy atom. The van der Waals surface area contributed by atoms with Crippen LogP contribution in [0.2, 0.25) is 0 Å². The van der Waals surface area contributed by atoms with E-state index in [4.69, 9.17) is 4.98 Å². The van der Waals surface area contributed by atoms with Gasteiger partial charge in [0, 0.05) is 11.6 Å². The molecule has 0 aliphatic heterocycles. The molecule has 0 spiro atoms. The summed E-state index contributed by atoms with van der Waals surface area (Å²) in [5.74, 6) is 0.